The lowest BCUT2D eigenvalue weighted by Gasteiger charge is -2.10. The minimum absolute atomic E-state index is 0.365. The van der Waals surface area contributed by atoms with Gasteiger partial charge in [-0.2, -0.15) is 5.01 Å². The smallest absolute Gasteiger partial charge is 0.304 e. The lowest BCUT2D eigenvalue weighted by Crippen LogP contribution is -2.38. The number of nitrogens with zero attached hydrogens (tertiary/aromatic N) is 2. The molecule has 1 heterocycles. The fourth-order valence-corrected chi connectivity index (χ4v) is 0.664. The molecule has 1 rings (SSSR count). The summed E-state index contributed by atoms with van der Waals surface area (Å²) >= 11 is 0. The molecule has 9 heavy (non-hydrogen) atoms. The van der Waals surface area contributed by atoms with Gasteiger partial charge in [-0.3, -0.25) is 10.1 Å². The molecule has 1 aliphatic rings. The van der Waals surface area contributed by atoms with Gasteiger partial charge >= 0.3 is 6.17 Å². The van der Waals surface area contributed by atoms with Gasteiger partial charge in [0.1, 0.15) is 0 Å². The predicted octanol–water partition coefficient (Wildman–Crippen LogP) is -0.447. The molecule has 0 spiro atoms. The Morgan fingerprint density at radius 2 is 2.56 bits per heavy atom. The van der Waals surface area contributed by atoms with Gasteiger partial charge in [-0.1, -0.05) is 0 Å². The summed E-state index contributed by atoms with van der Waals surface area (Å²) in [5, 5.41) is 11.5. The topological polar surface area (TPSA) is 58.4 Å². The first-order valence-electron chi connectivity index (χ1n) is 2.51. The summed E-state index contributed by atoms with van der Waals surface area (Å²) in [5.41, 5.74) is 2.66. The summed E-state index contributed by atoms with van der Waals surface area (Å²) < 4.78 is 0. The second kappa shape index (κ2) is 2.02. The van der Waals surface area contributed by atoms with Gasteiger partial charge in [-0.15, -0.1) is 0 Å². The summed E-state index contributed by atoms with van der Waals surface area (Å²) in [4.78, 5) is 9.72. The van der Waals surface area contributed by atoms with E-state index in [-0.39, 0.29) is 4.92 Å². The van der Waals surface area contributed by atoms with E-state index in [0.717, 1.165) is 0 Å². The second-order valence-corrected chi connectivity index (χ2v) is 1.80. The number of rotatable bonds is 1. The van der Waals surface area contributed by atoms with Crippen LogP contribution in [0.5, 0.6) is 0 Å². The van der Waals surface area contributed by atoms with Crippen LogP contribution in [-0.2, 0) is 0 Å². The molecule has 0 aromatic rings. The quantitative estimate of drug-likeness (QED) is 0.385. The molecule has 50 valence electrons. The van der Waals surface area contributed by atoms with E-state index in [1.54, 1.807) is 13.2 Å². The second-order valence-electron chi connectivity index (χ2n) is 1.80. The predicted molar refractivity (Wildman–Crippen MR) is 30.8 cm³/mol. The van der Waals surface area contributed by atoms with Gasteiger partial charge in [0.15, 0.2) is 0 Å². The average molecular weight is 129 g/mol. The van der Waals surface area contributed by atoms with Gasteiger partial charge < -0.3 is 5.43 Å². The molecule has 0 amide bonds. The Hall–Kier alpha value is -1.10. The van der Waals surface area contributed by atoms with Crippen molar-refractivity contribution in [2.45, 2.75) is 6.17 Å². The van der Waals surface area contributed by atoms with Crippen LogP contribution < -0.4 is 5.43 Å². The Morgan fingerprint density at radius 3 is 2.78 bits per heavy atom. The molecule has 0 aliphatic carbocycles. The van der Waals surface area contributed by atoms with E-state index in [1.165, 1.54) is 11.1 Å². The molecule has 0 aromatic carbocycles. The van der Waals surface area contributed by atoms with Crippen molar-refractivity contribution in [2.75, 3.05) is 7.05 Å². The molecule has 1 aliphatic heterocycles. The van der Waals surface area contributed by atoms with Crippen molar-refractivity contribution in [3.63, 3.8) is 0 Å². The van der Waals surface area contributed by atoms with E-state index >= 15 is 0 Å². The van der Waals surface area contributed by atoms with Gasteiger partial charge in [0.2, 0.25) is 0 Å². The SMILES string of the molecule is CN1NC=CC1[N+](=O)[O-]. The van der Waals surface area contributed by atoms with Crippen molar-refractivity contribution in [3.05, 3.63) is 22.4 Å². The number of hydrogen-bond acceptors (Lipinski definition) is 4. The van der Waals surface area contributed by atoms with Crippen LogP contribution in [0.3, 0.4) is 0 Å². The van der Waals surface area contributed by atoms with Crippen LogP contribution in [0.4, 0.5) is 0 Å². The Labute approximate surface area is 52.1 Å². The van der Waals surface area contributed by atoms with E-state index in [4.69, 9.17) is 0 Å². The molecule has 0 saturated carbocycles. The molecule has 1 N–H and O–H groups in total. The number of nitro groups is 1. The van der Waals surface area contributed by atoms with Crippen LogP contribution in [0.1, 0.15) is 0 Å². The van der Waals surface area contributed by atoms with Crippen LogP contribution >= 0.6 is 0 Å². The minimum atomic E-state index is -0.704. The number of nitrogens with one attached hydrogen (secondary N) is 1. The van der Waals surface area contributed by atoms with Crippen molar-refractivity contribution in [3.8, 4) is 0 Å². The van der Waals surface area contributed by atoms with Gasteiger partial charge in [-0.05, 0) is 0 Å². The number of likely N-dealkylation sites (N-methyl/N-ethyl adjacent to an activating group) is 1. The van der Waals surface area contributed by atoms with Crippen molar-refractivity contribution >= 4 is 0 Å². The lowest BCUT2D eigenvalue weighted by molar-refractivity contribution is -0.535. The molecule has 0 radical (unpaired) electrons. The molecular formula is C4H7N3O2. The van der Waals surface area contributed by atoms with Crippen molar-refractivity contribution in [1.82, 2.24) is 10.4 Å². The Bertz CT molecular complexity index is 156. The maximum Gasteiger partial charge on any atom is 0.304 e. The third kappa shape index (κ3) is 0.996. The first-order valence-corrected chi connectivity index (χ1v) is 2.51. The summed E-state index contributed by atoms with van der Waals surface area (Å²) in [6.45, 7) is 0. The first-order chi connectivity index (χ1) is 4.22. The highest BCUT2D eigenvalue weighted by molar-refractivity contribution is 4.91. The van der Waals surface area contributed by atoms with Gasteiger partial charge in [-0.25, -0.2) is 0 Å². The molecule has 0 fully saturated rings. The van der Waals surface area contributed by atoms with Gasteiger partial charge in [0.05, 0.1) is 0 Å². The van der Waals surface area contributed by atoms with Gasteiger partial charge in [0, 0.05) is 24.2 Å². The molecular weight excluding hydrogens is 122 g/mol. The third-order valence-corrected chi connectivity index (χ3v) is 1.16. The zero-order valence-corrected chi connectivity index (χ0v) is 4.94. The zero-order chi connectivity index (χ0) is 6.85. The highest BCUT2D eigenvalue weighted by Gasteiger charge is 2.24. The third-order valence-electron chi connectivity index (χ3n) is 1.16. The normalized spacial score (nSPS) is 26.1. The fourth-order valence-electron chi connectivity index (χ4n) is 0.664. The summed E-state index contributed by atoms with van der Waals surface area (Å²) in [6.07, 6.45) is 2.33. The van der Waals surface area contributed by atoms with Crippen molar-refractivity contribution < 1.29 is 4.92 Å². The van der Waals surface area contributed by atoms with Crippen LogP contribution in [0.25, 0.3) is 0 Å². The van der Waals surface area contributed by atoms with E-state index in [0.29, 0.717) is 0 Å². The molecule has 0 saturated heterocycles. The Kier molecular flexibility index (Phi) is 1.35. The fraction of sp³-hybridized carbons (Fsp3) is 0.500. The molecule has 0 bridgehead atoms. The molecule has 5 heteroatoms. The maximum atomic E-state index is 10.1. The molecule has 5 nitrogen and oxygen atoms in total. The molecule has 0 aromatic heterocycles. The minimum Gasteiger partial charge on any atom is -0.321 e. The van der Waals surface area contributed by atoms with E-state index in [2.05, 4.69) is 5.43 Å². The zero-order valence-electron chi connectivity index (χ0n) is 4.94. The van der Waals surface area contributed by atoms with Crippen LogP contribution in [0.2, 0.25) is 0 Å². The lowest BCUT2D eigenvalue weighted by atomic mass is 10.5. The van der Waals surface area contributed by atoms with Crippen LogP contribution in [-0.4, -0.2) is 23.1 Å². The largest absolute Gasteiger partial charge is 0.321 e. The summed E-state index contributed by atoms with van der Waals surface area (Å²) in [5.74, 6) is 0. The van der Waals surface area contributed by atoms with Crippen LogP contribution in [0.15, 0.2) is 12.3 Å². The van der Waals surface area contributed by atoms with Crippen LogP contribution in [0, 0.1) is 10.1 Å². The monoisotopic (exact) mass is 129 g/mol. The maximum absolute atomic E-state index is 10.1. The molecule has 1 atom stereocenters. The highest BCUT2D eigenvalue weighted by Crippen LogP contribution is 2.00. The number of hydrazine groups is 1. The summed E-state index contributed by atoms with van der Waals surface area (Å²) in [7, 11) is 1.62. The first kappa shape index (κ1) is 6.03. The van der Waals surface area contributed by atoms with E-state index in [1.807, 2.05) is 0 Å². The van der Waals surface area contributed by atoms with E-state index < -0.39 is 6.17 Å². The summed E-state index contributed by atoms with van der Waals surface area (Å²) in [6, 6.07) is 0. The Morgan fingerprint density at radius 1 is 1.89 bits per heavy atom. The van der Waals surface area contributed by atoms with Gasteiger partial charge in [0.25, 0.3) is 0 Å². The molecule has 1 unspecified atom stereocenters. The number of hydrogen-bond donors (Lipinski definition) is 1. The van der Waals surface area contributed by atoms with E-state index in [9.17, 15) is 10.1 Å². The Balaban J connectivity index is 2.59. The van der Waals surface area contributed by atoms with Crippen molar-refractivity contribution in [2.24, 2.45) is 0 Å². The average Bonchev–Trinajstić information content (AvgIpc) is 2.13. The standard InChI is InChI=1S/C4H7N3O2/c1-6-4(7(8)9)2-3-5-6/h2-5H,1H3. The highest BCUT2D eigenvalue weighted by atomic mass is 16.6. The van der Waals surface area contributed by atoms with Crippen molar-refractivity contribution in [1.29, 1.82) is 0 Å².